The number of carbonyl (C=O) groups excluding carboxylic acids is 1. The molecule has 1 aliphatic rings. The lowest BCUT2D eigenvalue weighted by molar-refractivity contribution is 0.0945. The zero-order valence-electron chi connectivity index (χ0n) is 16.4. The first-order chi connectivity index (χ1) is 13.0. The van der Waals surface area contributed by atoms with Crippen LogP contribution in [0.5, 0.6) is 0 Å². The van der Waals surface area contributed by atoms with Gasteiger partial charge in [0.15, 0.2) is 15.4 Å². The van der Waals surface area contributed by atoms with Crippen molar-refractivity contribution in [2.24, 2.45) is 5.41 Å². The van der Waals surface area contributed by atoms with Crippen molar-refractivity contribution in [2.45, 2.75) is 46.5 Å². The summed E-state index contributed by atoms with van der Waals surface area (Å²) in [4.78, 5) is 14.1. The van der Waals surface area contributed by atoms with Crippen molar-refractivity contribution in [3.05, 3.63) is 76.7 Å². The van der Waals surface area contributed by atoms with Crippen LogP contribution in [0, 0.1) is 12.3 Å². The standard InChI is InChI=1S/C25H27OS/c1-18-17-27(24-11-7-6-10-22(18)24)21-14-12-19(13-15-21)23(26)16-25(2,3)20-8-4-5-9-20/h6-8,10-15,17H,4-5,9,16H2,1-3H3/q+1. The molecule has 0 N–H and O–H groups in total. The zero-order chi connectivity index (χ0) is 19.0. The van der Waals surface area contributed by atoms with Gasteiger partial charge in [-0.2, -0.15) is 0 Å². The number of allylic oxidation sites excluding steroid dienone is 2. The minimum atomic E-state index is -0.0295. The molecule has 2 aromatic carbocycles. The number of aryl methyl sites for hydroxylation is 1. The number of hydrogen-bond donors (Lipinski definition) is 0. The maximum absolute atomic E-state index is 12.9. The van der Waals surface area contributed by atoms with Crippen LogP contribution in [0.4, 0.5) is 0 Å². The Kier molecular flexibility index (Phi) is 4.77. The van der Waals surface area contributed by atoms with Crippen LogP contribution in [-0.2, 0) is 0 Å². The second-order valence-corrected chi connectivity index (χ2v) is 10.1. The molecule has 1 unspecified atom stereocenters. The molecule has 1 nitrogen and oxygen atoms in total. The molecule has 1 heterocycles. The van der Waals surface area contributed by atoms with E-state index in [0.717, 1.165) is 12.0 Å². The topological polar surface area (TPSA) is 17.1 Å². The summed E-state index contributed by atoms with van der Waals surface area (Å²) in [6.07, 6.45) is 6.47. The molecule has 4 rings (SSSR count). The number of rotatable bonds is 5. The van der Waals surface area contributed by atoms with Crippen LogP contribution in [-0.4, -0.2) is 5.78 Å². The van der Waals surface area contributed by atoms with Crippen LogP contribution in [0.25, 0.3) is 15.0 Å². The third-order valence-corrected chi connectivity index (χ3v) is 7.99. The Balaban J connectivity index is 1.57. The Bertz CT molecular complexity index is 1020. The van der Waals surface area contributed by atoms with Gasteiger partial charge in [0, 0.05) is 33.4 Å². The molecule has 1 aromatic heterocycles. The van der Waals surface area contributed by atoms with Crippen molar-refractivity contribution in [1.29, 1.82) is 0 Å². The van der Waals surface area contributed by atoms with E-state index in [1.54, 1.807) is 0 Å². The molecule has 2 heteroatoms. The molecule has 0 amide bonds. The molecule has 0 aliphatic heterocycles. The molecule has 0 saturated carbocycles. The first-order valence-electron chi connectivity index (χ1n) is 9.79. The lowest BCUT2D eigenvalue weighted by Gasteiger charge is -2.25. The van der Waals surface area contributed by atoms with E-state index < -0.39 is 0 Å². The van der Waals surface area contributed by atoms with Crippen molar-refractivity contribution < 1.29 is 4.79 Å². The van der Waals surface area contributed by atoms with Gasteiger partial charge in [-0.3, -0.25) is 4.79 Å². The van der Waals surface area contributed by atoms with Gasteiger partial charge in [-0.25, -0.2) is 0 Å². The van der Waals surface area contributed by atoms with Gasteiger partial charge in [0.25, 0.3) is 0 Å². The molecule has 3 aromatic rings. The van der Waals surface area contributed by atoms with Crippen molar-refractivity contribution in [1.82, 2.24) is 0 Å². The molecule has 0 spiro atoms. The first-order valence-corrected chi connectivity index (χ1v) is 11.1. The monoisotopic (exact) mass is 375 g/mol. The summed E-state index contributed by atoms with van der Waals surface area (Å²) in [5.74, 6) is 0.251. The van der Waals surface area contributed by atoms with Crippen LogP contribution >= 0.6 is 10.5 Å². The quantitative estimate of drug-likeness (QED) is 0.255. The minimum absolute atomic E-state index is 0.0206. The molecule has 1 atom stereocenters. The lowest BCUT2D eigenvalue weighted by atomic mass is 9.78. The fourth-order valence-corrected chi connectivity index (χ4v) is 6.29. The third kappa shape index (κ3) is 3.51. The molecule has 138 valence electrons. The number of benzene rings is 2. The predicted octanol–water partition coefficient (Wildman–Crippen LogP) is 7.60. The molecular weight excluding hydrogens is 348 g/mol. The summed E-state index contributed by atoms with van der Waals surface area (Å²) in [6, 6.07) is 17.0. The normalized spacial score (nSPS) is 15.2. The van der Waals surface area contributed by atoms with Gasteiger partial charge in [-0.15, -0.1) is 0 Å². The third-order valence-electron chi connectivity index (χ3n) is 5.79. The maximum Gasteiger partial charge on any atom is 0.186 e. The Morgan fingerprint density at radius 2 is 1.81 bits per heavy atom. The number of fused-ring (bicyclic) bond motifs is 1. The number of hydrogen-bond acceptors (Lipinski definition) is 1. The second-order valence-electron chi connectivity index (χ2n) is 8.26. The van der Waals surface area contributed by atoms with Crippen molar-refractivity contribution in [3.63, 3.8) is 0 Å². The molecule has 0 bridgehead atoms. The summed E-state index contributed by atoms with van der Waals surface area (Å²) < 4.78 is 1.39. The van der Waals surface area contributed by atoms with Crippen molar-refractivity contribution in [2.75, 3.05) is 0 Å². The Labute approximate surface area is 164 Å². The van der Waals surface area contributed by atoms with Gasteiger partial charge < -0.3 is 0 Å². The average Bonchev–Trinajstić information content (AvgIpc) is 3.31. The van der Waals surface area contributed by atoms with E-state index in [4.69, 9.17) is 0 Å². The van der Waals surface area contributed by atoms with Crippen LogP contribution in [0.1, 0.15) is 55.5 Å². The van der Waals surface area contributed by atoms with E-state index in [1.165, 1.54) is 39.0 Å². The Morgan fingerprint density at radius 3 is 2.52 bits per heavy atom. The van der Waals surface area contributed by atoms with E-state index in [2.05, 4.69) is 68.6 Å². The smallest absolute Gasteiger partial charge is 0.186 e. The second kappa shape index (κ2) is 7.09. The van der Waals surface area contributed by atoms with Crippen LogP contribution in [0.2, 0.25) is 0 Å². The Morgan fingerprint density at radius 1 is 1.07 bits per heavy atom. The van der Waals surface area contributed by atoms with E-state index in [9.17, 15) is 4.79 Å². The molecule has 1 aliphatic carbocycles. The van der Waals surface area contributed by atoms with Crippen LogP contribution < -0.4 is 0 Å². The van der Waals surface area contributed by atoms with Gasteiger partial charge in [0.1, 0.15) is 5.38 Å². The summed E-state index contributed by atoms with van der Waals surface area (Å²) >= 11 is 0. The van der Waals surface area contributed by atoms with Gasteiger partial charge in [0.2, 0.25) is 0 Å². The fraction of sp³-hybridized carbons (Fsp3) is 0.320. The average molecular weight is 376 g/mol. The molecule has 0 saturated heterocycles. The van der Waals surface area contributed by atoms with E-state index >= 15 is 0 Å². The summed E-state index contributed by atoms with van der Waals surface area (Å²) in [7, 11) is -0.0206. The minimum Gasteiger partial charge on any atom is -0.294 e. The predicted molar refractivity (Wildman–Crippen MR) is 117 cm³/mol. The first kappa shape index (κ1) is 18.2. The number of ketones is 1. The van der Waals surface area contributed by atoms with E-state index in [1.807, 2.05) is 12.1 Å². The highest BCUT2D eigenvalue weighted by atomic mass is 32.2. The van der Waals surface area contributed by atoms with Crippen molar-refractivity contribution >= 4 is 26.3 Å². The summed E-state index contributed by atoms with van der Waals surface area (Å²) in [6.45, 7) is 6.60. The lowest BCUT2D eigenvalue weighted by Crippen LogP contribution is -2.19. The van der Waals surface area contributed by atoms with Gasteiger partial charge >= 0.3 is 0 Å². The highest BCUT2D eigenvalue weighted by molar-refractivity contribution is 7.43. The zero-order valence-corrected chi connectivity index (χ0v) is 17.2. The number of carbonyl (C=O) groups is 1. The highest BCUT2D eigenvalue weighted by Gasteiger charge is 2.28. The van der Waals surface area contributed by atoms with Crippen LogP contribution in [0.3, 0.4) is 0 Å². The SMILES string of the molecule is Cc1c[s+](-c2ccc(C(=O)CC(C)(C)C3=CCCC3)cc2)c2ccccc12. The molecule has 27 heavy (non-hydrogen) atoms. The van der Waals surface area contributed by atoms with Gasteiger partial charge in [-0.05, 0) is 68.0 Å². The summed E-state index contributed by atoms with van der Waals surface area (Å²) in [5.41, 5.74) is 3.61. The summed E-state index contributed by atoms with van der Waals surface area (Å²) in [5, 5.41) is 3.71. The van der Waals surface area contributed by atoms with Crippen molar-refractivity contribution in [3.8, 4) is 4.90 Å². The molecule has 0 radical (unpaired) electrons. The van der Waals surface area contributed by atoms with Gasteiger partial charge in [0.05, 0.1) is 0 Å². The van der Waals surface area contributed by atoms with Crippen LogP contribution in [0.15, 0.2) is 65.6 Å². The maximum atomic E-state index is 12.9. The molecular formula is C25H27OS+. The fourth-order valence-electron chi connectivity index (χ4n) is 4.17. The molecule has 0 fully saturated rings. The highest BCUT2D eigenvalue weighted by Crippen LogP contribution is 2.42. The number of Topliss-reactive ketones (excluding diaryl/α,β-unsaturated/α-hetero) is 1. The van der Waals surface area contributed by atoms with E-state index in [-0.39, 0.29) is 21.7 Å². The number of thiophene rings is 1. The van der Waals surface area contributed by atoms with E-state index in [0.29, 0.717) is 6.42 Å². The van der Waals surface area contributed by atoms with Gasteiger partial charge in [-0.1, -0.05) is 37.6 Å². The largest absolute Gasteiger partial charge is 0.294 e. The Hall–Kier alpha value is -2.19.